The minimum absolute atomic E-state index is 1.06. The van der Waals surface area contributed by atoms with E-state index in [0.717, 1.165) is 6.42 Å². The number of hydrogen-bond acceptors (Lipinski definition) is 0. The maximum atomic E-state index is 2.29. The Balaban J connectivity index is 3.22. The number of hydrogen-bond donors (Lipinski definition) is 0. The second-order valence-corrected chi connectivity index (χ2v) is 4.01. The molecule has 14 heavy (non-hydrogen) atoms. The smallest absolute Gasteiger partial charge is 0.00922 e. The van der Waals surface area contributed by atoms with Crippen molar-refractivity contribution >= 4 is 0 Å². The molecule has 0 N–H and O–H groups in total. The standard InChI is InChI=1S/C14H20/c1-6-7-8-14-11(3)9-10(2)12(4)13(14)5/h6-7,9H,8H2,1-5H3. The van der Waals surface area contributed by atoms with E-state index in [9.17, 15) is 0 Å². The lowest BCUT2D eigenvalue weighted by Gasteiger charge is -2.13. The molecular weight excluding hydrogens is 168 g/mol. The minimum atomic E-state index is 1.06. The highest BCUT2D eigenvalue weighted by Crippen LogP contribution is 2.22. The fraction of sp³-hybridized carbons (Fsp3) is 0.429. The first-order valence-electron chi connectivity index (χ1n) is 5.25. The summed E-state index contributed by atoms with van der Waals surface area (Å²) in [4.78, 5) is 0. The summed E-state index contributed by atoms with van der Waals surface area (Å²) in [7, 11) is 0. The minimum Gasteiger partial charge on any atom is -0.0913 e. The van der Waals surface area contributed by atoms with Crippen LogP contribution in [0.4, 0.5) is 0 Å². The molecule has 0 heteroatoms. The van der Waals surface area contributed by atoms with Gasteiger partial charge in [0, 0.05) is 0 Å². The highest BCUT2D eigenvalue weighted by molar-refractivity contribution is 5.44. The molecule has 0 nitrogen and oxygen atoms in total. The van der Waals surface area contributed by atoms with E-state index in [1.807, 2.05) is 0 Å². The molecule has 0 heterocycles. The van der Waals surface area contributed by atoms with Crippen molar-refractivity contribution in [1.82, 2.24) is 0 Å². The van der Waals surface area contributed by atoms with Crippen LogP contribution in [0.2, 0.25) is 0 Å². The van der Waals surface area contributed by atoms with Crippen molar-refractivity contribution in [2.75, 3.05) is 0 Å². The lowest BCUT2D eigenvalue weighted by atomic mass is 9.92. The molecule has 0 aliphatic carbocycles. The lowest BCUT2D eigenvalue weighted by Crippen LogP contribution is -1.97. The van der Waals surface area contributed by atoms with Crippen LogP contribution in [-0.4, -0.2) is 0 Å². The van der Waals surface area contributed by atoms with Crippen LogP contribution in [0.3, 0.4) is 0 Å². The lowest BCUT2D eigenvalue weighted by molar-refractivity contribution is 1.12. The van der Waals surface area contributed by atoms with Crippen LogP contribution in [0.5, 0.6) is 0 Å². The zero-order valence-corrected chi connectivity index (χ0v) is 9.94. The van der Waals surface area contributed by atoms with E-state index in [2.05, 4.69) is 52.8 Å². The van der Waals surface area contributed by atoms with Gasteiger partial charge in [-0.2, -0.15) is 0 Å². The average molecular weight is 188 g/mol. The van der Waals surface area contributed by atoms with Crippen LogP contribution in [-0.2, 0) is 6.42 Å². The molecule has 0 aromatic heterocycles. The highest BCUT2D eigenvalue weighted by atomic mass is 14.1. The van der Waals surface area contributed by atoms with Gasteiger partial charge in [0.1, 0.15) is 0 Å². The number of aryl methyl sites for hydroxylation is 2. The third-order valence-electron chi connectivity index (χ3n) is 3.07. The van der Waals surface area contributed by atoms with Crippen molar-refractivity contribution in [3.63, 3.8) is 0 Å². The number of benzene rings is 1. The summed E-state index contributed by atoms with van der Waals surface area (Å²) in [5.74, 6) is 0. The van der Waals surface area contributed by atoms with Crippen LogP contribution in [0.1, 0.15) is 34.7 Å². The van der Waals surface area contributed by atoms with Gasteiger partial charge in [0.15, 0.2) is 0 Å². The van der Waals surface area contributed by atoms with E-state index in [4.69, 9.17) is 0 Å². The Morgan fingerprint density at radius 1 is 1.00 bits per heavy atom. The van der Waals surface area contributed by atoms with Gasteiger partial charge in [-0.05, 0) is 68.9 Å². The number of rotatable bonds is 2. The molecule has 0 saturated heterocycles. The summed E-state index contributed by atoms with van der Waals surface area (Å²) >= 11 is 0. The molecule has 0 fully saturated rings. The predicted molar refractivity (Wildman–Crippen MR) is 63.9 cm³/mol. The van der Waals surface area contributed by atoms with Crippen LogP contribution < -0.4 is 0 Å². The fourth-order valence-electron chi connectivity index (χ4n) is 1.89. The van der Waals surface area contributed by atoms with E-state index in [1.165, 1.54) is 27.8 Å². The molecular formula is C14H20. The maximum Gasteiger partial charge on any atom is -0.00922 e. The van der Waals surface area contributed by atoms with Crippen molar-refractivity contribution in [2.24, 2.45) is 0 Å². The summed E-state index contributed by atoms with van der Waals surface area (Å²) in [6, 6.07) is 2.29. The molecule has 1 aromatic carbocycles. The first-order valence-corrected chi connectivity index (χ1v) is 5.25. The Morgan fingerprint density at radius 2 is 1.64 bits per heavy atom. The van der Waals surface area contributed by atoms with Crippen LogP contribution in [0.15, 0.2) is 18.2 Å². The van der Waals surface area contributed by atoms with Gasteiger partial charge in [0.05, 0.1) is 0 Å². The monoisotopic (exact) mass is 188 g/mol. The van der Waals surface area contributed by atoms with E-state index in [-0.39, 0.29) is 0 Å². The van der Waals surface area contributed by atoms with Gasteiger partial charge in [0.25, 0.3) is 0 Å². The van der Waals surface area contributed by atoms with E-state index < -0.39 is 0 Å². The molecule has 0 aliphatic rings. The maximum absolute atomic E-state index is 2.29. The zero-order valence-electron chi connectivity index (χ0n) is 9.94. The fourth-order valence-corrected chi connectivity index (χ4v) is 1.89. The quantitative estimate of drug-likeness (QED) is 0.614. The Morgan fingerprint density at radius 3 is 2.21 bits per heavy atom. The third-order valence-corrected chi connectivity index (χ3v) is 3.07. The van der Waals surface area contributed by atoms with Gasteiger partial charge in [-0.25, -0.2) is 0 Å². The summed E-state index contributed by atoms with van der Waals surface area (Å²) in [5, 5.41) is 0. The van der Waals surface area contributed by atoms with E-state index >= 15 is 0 Å². The molecule has 0 saturated carbocycles. The largest absolute Gasteiger partial charge is 0.0913 e. The molecule has 0 atom stereocenters. The van der Waals surface area contributed by atoms with Gasteiger partial charge in [-0.3, -0.25) is 0 Å². The Labute approximate surface area is 87.7 Å². The van der Waals surface area contributed by atoms with Crippen molar-refractivity contribution in [3.05, 3.63) is 46.0 Å². The second kappa shape index (κ2) is 4.45. The van der Waals surface area contributed by atoms with Crippen molar-refractivity contribution in [1.29, 1.82) is 0 Å². The zero-order chi connectivity index (χ0) is 10.7. The Hall–Kier alpha value is -1.04. The molecule has 1 rings (SSSR count). The molecule has 1 aromatic rings. The van der Waals surface area contributed by atoms with Gasteiger partial charge >= 0.3 is 0 Å². The summed E-state index contributed by atoms with van der Waals surface area (Å²) in [5.41, 5.74) is 7.22. The molecule has 0 spiro atoms. The SMILES string of the molecule is CC=CCc1c(C)cc(C)c(C)c1C. The predicted octanol–water partition coefficient (Wildman–Crippen LogP) is 4.04. The van der Waals surface area contributed by atoms with Crippen molar-refractivity contribution in [3.8, 4) is 0 Å². The summed E-state index contributed by atoms with van der Waals surface area (Å²) in [6.07, 6.45) is 5.41. The average Bonchev–Trinajstić information content (AvgIpc) is 2.14. The molecule has 0 unspecified atom stereocenters. The normalized spacial score (nSPS) is 11.2. The van der Waals surface area contributed by atoms with Crippen molar-refractivity contribution in [2.45, 2.75) is 41.0 Å². The molecule has 0 amide bonds. The molecule has 0 radical (unpaired) electrons. The van der Waals surface area contributed by atoms with Gasteiger partial charge < -0.3 is 0 Å². The number of allylic oxidation sites excluding steroid dienone is 2. The first kappa shape index (κ1) is 11.0. The van der Waals surface area contributed by atoms with E-state index in [0.29, 0.717) is 0 Å². The highest BCUT2D eigenvalue weighted by Gasteiger charge is 2.05. The van der Waals surface area contributed by atoms with Gasteiger partial charge in [0.2, 0.25) is 0 Å². The topological polar surface area (TPSA) is 0 Å². The van der Waals surface area contributed by atoms with Crippen LogP contribution >= 0.6 is 0 Å². The summed E-state index contributed by atoms with van der Waals surface area (Å²) < 4.78 is 0. The van der Waals surface area contributed by atoms with Crippen molar-refractivity contribution < 1.29 is 0 Å². The molecule has 0 aliphatic heterocycles. The van der Waals surface area contributed by atoms with Crippen LogP contribution in [0, 0.1) is 27.7 Å². The van der Waals surface area contributed by atoms with Gasteiger partial charge in [-0.1, -0.05) is 18.2 Å². The molecule has 76 valence electrons. The van der Waals surface area contributed by atoms with E-state index in [1.54, 1.807) is 0 Å². The molecule has 0 bridgehead atoms. The second-order valence-electron chi connectivity index (χ2n) is 4.01. The summed E-state index contributed by atoms with van der Waals surface area (Å²) in [6.45, 7) is 10.9. The Kier molecular flexibility index (Phi) is 3.51. The van der Waals surface area contributed by atoms with Crippen LogP contribution in [0.25, 0.3) is 0 Å². The first-order chi connectivity index (χ1) is 6.57. The third kappa shape index (κ3) is 2.06. The Bertz CT molecular complexity index is 357. The van der Waals surface area contributed by atoms with Gasteiger partial charge in [-0.15, -0.1) is 0 Å².